The third kappa shape index (κ3) is 21.7. The van der Waals surface area contributed by atoms with Crippen LogP contribution >= 0.6 is 0 Å². The Morgan fingerprint density at radius 2 is 1.03 bits per heavy atom. The molecule has 3 heteroatoms. The summed E-state index contributed by atoms with van der Waals surface area (Å²) >= 11 is 0. The van der Waals surface area contributed by atoms with E-state index >= 15 is 0 Å². The fraction of sp³-hybridized carbons (Fsp3) is 0.885. The molecule has 0 heterocycles. The molecular weight excluding hydrogens is 358 g/mol. The smallest absolute Gasteiger partial charge is 0.0786 e. The Hall–Kier alpha value is -0.830. The Labute approximate surface area is 183 Å². The maximum atomic E-state index is 9.42. The number of aliphatic carboxylic acids is 1. The van der Waals surface area contributed by atoms with Gasteiger partial charge in [0.05, 0.1) is 26.2 Å². The maximum absolute atomic E-state index is 9.42. The van der Waals surface area contributed by atoms with Crippen LogP contribution in [-0.4, -0.2) is 36.6 Å². The molecule has 0 atom stereocenters. The van der Waals surface area contributed by atoms with Gasteiger partial charge in [0.1, 0.15) is 0 Å². The number of hydrogen-bond acceptors (Lipinski definition) is 2. The van der Waals surface area contributed by atoms with Crippen LogP contribution in [-0.2, 0) is 4.79 Å². The molecule has 0 aromatic rings. The number of carboxylic acid groups (broad SMARTS) is 1. The largest absolute Gasteiger partial charge is 0.550 e. The Kier molecular flexibility index (Phi) is 24.6. The van der Waals surface area contributed by atoms with Crippen molar-refractivity contribution in [3.63, 3.8) is 0 Å². The standard InChI is InChI=1S/C22H48N.C4H6O2/c1-5-9-10-11-12-13-14-15-16-17-18-19-20-21-22-23(6-2,7-3)8-4;1-2-3-4(5)6/h5-22H2,1-4H3;2H,1,3H2,(H,5,6)/q+1;/p-1. The van der Waals surface area contributed by atoms with E-state index in [0.29, 0.717) is 0 Å². The van der Waals surface area contributed by atoms with Gasteiger partial charge in [0, 0.05) is 12.4 Å². The summed E-state index contributed by atoms with van der Waals surface area (Å²) in [5, 5.41) is 9.42. The molecule has 0 fully saturated rings. The molecule has 0 aromatic carbocycles. The molecule has 0 aromatic heterocycles. The van der Waals surface area contributed by atoms with Crippen molar-refractivity contribution in [2.45, 2.75) is 124 Å². The Morgan fingerprint density at radius 1 is 0.690 bits per heavy atom. The van der Waals surface area contributed by atoms with Crippen molar-refractivity contribution in [3.05, 3.63) is 12.7 Å². The van der Waals surface area contributed by atoms with Crippen LogP contribution in [0.4, 0.5) is 0 Å². The fourth-order valence-electron chi connectivity index (χ4n) is 3.90. The van der Waals surface area contributed by atoms with Crippen LogP contribution < -0.4 is 5.11 Å². The van der Waals surface area contributed by atoms with Crippen LogP contribution in [0.15, 0.2) is 12.7 Å². The van der Waals surface area contributed by atoms with Gasteiger partial charge >= 0.3 is 0 Å². The van der Waals surface area contributed by atoms with Crippen molar-refractivity contribution in [1.29, 1.82) is 0 Å². The molecule has 0 amide bonds. The molecule has 0 N–H and O–H groups in total. The molecule has 0 unspecified atom stereocenters. The number of carbonyl (C=O) groups is 1. The minimum atomic E-state index is -1.08. The minimum Gasteiger partial charge on any atom is -0.550 e. The number of quaternary nitrogens is 1. The van der Waals surface area contributed by atoms with Gasteiger partial charge in [-0.15, -0.1) is 6.58 Å². The SMILES string of the molecule is C=CCC(=O)[O-].CCCCCCCCCCCCCCCC[N+](CC)(CC)CC. The van der Waals surface area contributed by atoms with Crippen molar-refractivity contribution in [2.24, 2.45) is 0 Å². The van der Waals surface area contributed by atoms with Gasteiger partial charge in [-0.1, -0.05) is 90.0 Å². The van der Waals surface area contributed by atoms with E-state index in [1.165, 1.54) is 127 Å². The van der Waals surface area contributed by atoms with Gasteiger partial charge in [0.2, 0.25) is 0 Å². The zero-order valence-corrected chi connectivity index (χ0v) is 20.5. The van der Waals surface area contributed by atoms with Gasteiger partial charge in [-0.05, 0) is 33.6 Å². The Balaban J connectivity index is 0. The summed E-state index contributed by atoms with van der Waals surface area (Å²) in [5.74, 6) is -1.08. The molecule has 0 aliphatic heterocycles. The highest BCUT2D eigenvalue weighted by atomic mass is 16.4. The third-order valence-electron chi connectivity index (χ3n) is 6.31. The molecule has 0 radical (unpaired) electrons. The first-order valence-corrected chi connectivity index (χ1v) is 12.7. The molecule has 0 bridgehead atoms. The van der Waals surface area contributed by atoms with E-state index in [1.807, 2.05) is 0 Å². The summed E-state index contributed by atoms with van der Waals surface area (Å²) in [5.41, 5.74) is 0. The molecule has 3 nitrogen and oxygen atoms in total. The normalized spacial score (nSPS) is 11.0. The van der Waals surface area contributed by atoms with Crippen molar-refractivity contribution in [2.75, 3.05) is 26.2 Å². The van der Waals surface area contributed by atoms with Crippen LogP contribution in [0.2, 0.25) is 0 Å². The molecule has 0 spiro atoms. The second-order valence-corrected chi connectivity index (χ2v) is 8.47. The topological polar surface area (TPSA) is 40.1 Å². The van der Waals surface area contributed by atoms with E-state index in [4.69, 9.17) is 0 Å². The number of carboxylic acids is 1. The summed E-state index contributed by atoms with van der Waals surface area (Å²) in [6, 6.07) is 0. The van der Waals surface area contributed by atoms with Gasteiger partial charge < -0.3 is 14.4 Å². The van der Waals surface area contributed by atoms with Gasteiger partial charge in [-0.25, -0.2) is 0 Å². The summed E-state index contributed by atoms with van der Waals surface area (Å²) in [6.45, 7) is 17.9. The quantitative estimate of drug-likeness (QED) is 0.128. The maximum Gasteiger partial charge on any atom is 0.0786 e. The summed E-state index contributed by atoms with van der Waals surface area (Å²) in [6.07, 6.45) is 21.7. The zero-order chi connectivity index (χ0) is 22.2. The molecule has 0 saturated carbocycles. The van der Waals surface area contributed by atoms with Gasteiger partial charge in [-0.3, -0.25) is 0 Å². The molecule has 0 aliphatic carbocycles. The second kappa shape index (κ2) is 23.4. The molecule has 0 saturated heterocycles. The lowest BCUT2D eigenvalue weighted by Crippen LogP contribution is -2.48. The van der Waals surface area contributed by atoms with Crippen LogP contribution in [0.1, 0.15) is 124 Å². The molecule has 0 aliphatic rings. The van der Waals surface area contributed by atoms with E-state index < -0.39 is 5.97 Å². The van der Waals surface area contributed by atoms with Crippen molar-refractivity contribution < 1.29 is 14.4 Å². The number of carbonyl (C=O) groups excluding carboxylic acids is 1. The van der Waals surface area contributed by atoms with Crippen LogP contribution in [0.3, 0.4) is 0 Å². The lowest BCUT2D eigenvalue weighted by atomic mass is 10.0. The highest BCUT2D eigenvalue weighted by Gasteiger charge is 2.19. The first-order valence-electron chi connectivity index (χ1n) is 12.7. The van der Waals surface area contributed by atoms with Gasteiger partial charge in [0.25, 0.3) is 0 Å². The average molecular weight is 412 g/mol. The first-order chi connectivity index (χ1) is 14.0. The second-order valence-electron chi connectivity index (χ2n) is 8.47. The van der Waals surface area contributed by atoms with E-state index in [0.717, 1.165) is 0 Å². The van der Waals surface area contributed by atoms with E-state index in [9.17, 15) is 9.90 Å². The van der Waals surface area contributed by atoms with Crippen LogP contribution in [0.5, 0.6) is 0 Å². The summed E-state index contributed by atoms with van der Waals surface area (Å²) in [4.78, 5) is 9.42. The molecule has 174 valence electrons. The van der Waals surface area contributed by atoms with E-state index in [1.54, 1.807) is 0 Å². The van der Waals surface area contributed by atoms with E-state index in [2.05, 4.69) is 34.3 Å². The summed E-state index contributed by atoms with van der Waals surface area (Å²) < 4.78 is 1.33. The number of rotatable bonds is 20. The predicted molar refractivity (Wildman–Crippen MR) is 127 cm³/mol. The van der Waals surface area contributed by atoms with Crippen molar-refractivity contribution in [1.82, 2.24) is 0 Å². The van der Waals surface area contributed by atoms with Crippen LogP contribution in [0.25, 0.3) is 0 Å². The third-order valence-corrected chi connectivity index (χ3v) is 6.31. The molecular formula is C26H53NO2. The lowest BCUT2D eigenvalue weighted by molar-refractivity contribution is -0.923. The highest BCUT2D eigenvalue weighted by Crippen LogP contribution is 2.14. The lowest BCUT2D eigenvalue weighted by Gasteiger charge is -2.35. The Bertz CT molecular complexity index is 342. The monoisotopic (exact) mass is 411 g/mol. The number of hydrogen-bond donors (Lipinski definition) is 0. The van der Waals surface area contributed by atoms with Gasteiger partial charge in [-0.2, -0.15) is 0 Å². The van der Waals surface area contributed by atoms with Crippen molar-refractivity contribution >= 4 is 5.97 Å². The average Bonchev–Trinajstić information content (AvgIpc) is 2.72. The van der Waals surface area contributed by atoms with Crippen LogP contribution in [0, 0.1) is 0 Å². The Morgan fingerprint density at radius 3 is 1.28 bits per heavy atom. The zero-order valence-electron chi connectivity index (χ0n) is 20.5. The summed E-state index contributed by atoms with van der Waals surface area (Å²) in [7, 11) is 0. The fourth-order valence-corrected chi connectivity index (χ4v) is 3.90. The number of unbranched alkanes of at least 4 members (excludes halogenated alkanes) is 13. The van der Waals surface area contributed by atoms with E-state index in [-0.39, 0.29) is 6.42 Å². The number of nitrogens with zero attached hydrogens (tertiary/aromatic N) is 1. The first kappa shape index (κ1) is 30.4. The highest BCUT2D eigenvalue weighted by molar-refractivity contribution is 5.65. The van der Waals surface area contributed by atoms with Crippen molar-refractivity contribution in [3.8, 4) is 0 Å². The van der Waals surface area contributed by atoms with Gasteiger partial charge in [0.15, 0.2) is 0 Å². The molecule has 0 rings (SSSR count). The minimum absolute atomic E-state index is 0.0556. The molecule has 29 heavy (non-hydrogen) atoms. The predicted octanol–water partition coefficient (Wildman–Crippen LogP) is 6.66.